The van der Waals surface area contributed by atoms with Crippen LogP contribution in [0.5, 0.6) is 0 Å². The molecule has 177 valence electrons. The number of fused-ring (bicyclic) bond motifs is 1. The maximum atomic E-state index is 11.8. The number of phosphoric acid groups is 3. The van der Waals surface area contributed by atoms with E-state index in [9.17, 15) is 28.5 Å². The molecule has 18 nitrogen and oxygen atoms in total. The molecule has 3 radical (unpaired) electrons. The zero-order valence-corrected chi connectivity index (χ0v) is 26.7. The van der Waals surface area contributed by atoms with E-state index < -0.39 is 54.1 Å². The molecule has 8 N–H and O–H groups in total. The van der Waals surface area contributed by atoms with E-state index in [0.29, 0.717) is 0 Å². The summed E-state index contributed by atoms with van der Waals surface area (Å²) in [4.78, 5) is 57.5. The molecule has 0 amide bonds. The Morgan fingerprint density at radius 3 is 2.35 bits per heavy atom. The zero-order valence-electron chi connectivity index (χ0n) is 18.0. The van der Waals surface area contributed by atoms with Crippen molar-refractivity contribution in [2.24, 2.45) is 0 Å². The number of aromatic amines is 1. The number of nitrogens with one attached hydrogen (secondary N) is 1. The standard InChI is InChI=1S/C10H16N5O13P3.3Na/c11-10-13-8-7(9(17)14-10)12-3-15(8)6-1-4(16)5(26-6)2-25-30(21,22)28-31(23,24)27-29(18,19)20;;;/h3-6,16H,1-2H2,(H,21,22)(H,23,24)(H2,18,19,20)(H3,11,13,14,17);;;. The van der Waals surface area contributed by atoms with E-state index in [4.69, 9.17) is 25.2 Å². The average molecular weight is 576 g/mol. The van der Waals surface area contributed by atoms with Crippen molar-refractivity contribution in [1.82, 2.24) is 19.5 Å². The van der Waals surface area contributed by atoms with Crippen molar-refractivity contribution >= 4 is 129 Å². The van der Waals surface area contributed by atoms with Crippen molar-refractivity contribution in [3.05, 3.63) is 16.7 Å². The number of rotatable bonds is 8. The van der Waals surface area contributed by atoms with Crippen LogP contribution >= 0.6 is 23.5 Å². The molecule has 1 fully saturated rings. The van der Waals surface area contributed by atoms with Gasteiger partial charge in [0.25, 0.3) is 5.56 Å². The van der Waals surface area contributed by atoms with Gasteiger partial charge >= 0.3 is 23.5 Å². The van der Waals surface area contributed by atoms with Crippen LogP contribution in [0, 0.1) is 0 Å². The summed E-state index contributed by atoms with van der Waals surface area (Å²) in [6.07, 6.45) is -2.36. The Balaban J connectivity index is 0.00000363. The van der Waals surface area contributed by atoms with E-state index in [1.165, 1.54) is 10.9 Å². The minimum Gasteiger partial charge on any atom is -0.390 e. The van der Waals surface area contributed by atoms with Gasteiger partial charge in [-0.2, -0.15) is 13.6 Å². The minimum atomic E-state index is -5.67. The number of anilines is 1. The monoisotopic (exact) mass is 576 g/mol. The molecule has 34 heavy (non-hydrogen) atoms. The fraction of sp³-hybridized carbons (Fsp3) is 0.500. The van der Waals surface area contributed by atoms with Gasteiger partial charge in [0.05, 0.1) is 19.0 Å². The van der Waals surface area contributed by atoms with Gasteiger partial charge in [-0.15, -0.1) is 0 Å². The van der Waals surface area contributed by atoms with Gasteiger partial charge in [0.15, 0.2) is 11.2 Å². The first-order valence-corrected chi connectivity index (χ1v) is 12.5. The third-order valence-electron chi connectivity index (χ3n) is 3.78. The van der Waals surface area contributed by atoms with E-state index >= 15 is 0 Å². The van der Waals surface area contributed by atoms with Crippen LogP contribution in [0.3, 0.4) is 0 Å². The molecule has 3 heterocycles. The van der Waals surface area contributed by atoms with Gasteiger partial charge in [-0.25, -0.2) is 18.7 Å². The predicted molar refractivity (Wildman–Crippen MR) is 114 cm³/mol. The number of hydrogen-bond acceptors (Lipinski definition) is 12. The van der Waals surface area contributed by atoms with Gasteiger partial charge in [0, 0.05) is 95.1 Å². The van der Waals surface area contributed by atoms with Gasteiger partial charge in [0.2, 0.25) is 5.95 Å². The number of H-pyrrole nitrogens is 1. The summed E-state index contributed by atoms with van der Waals surface area (Å²) in [6.45, 7) is -0.843. The van der Waals surface area contributed by atoms with E-state index in [1.807, 2.05) is 0 Å². The van der Waals surface area contributed by atoms with Crippen molar-refractivity contribution in [3.8, 4) is 0 Å². The molecule has 0 aliphatic carbocycles. The van der Waals surface area contributed by atoms with Crippen LogP contribution in [0.15, 0.2) is 11.1 Å². The molecule has 5 atom stereocenters. The van der Waals surface area contributed by atoms with Crippen LogP contribution in [0.25, 0.3) is 11.2 Å². The Kier molecular flexibility index (Phi) is 14.1. The number of nitrogens with zero attached hydrogens (tertiary/aromatic N) is 3. The summed E-state index contributed by atoms with van der Waals surface area (Å²) in [6, 6.07) is 0. The second kappa shape index (κ2) is 13.5. The fourth-order valence-corrected chi connectivity index (χ4v) is 5.69. The number of ether oxygens (including phenoxy) is 1. The number of nitrogens with two attached hydrogens (primary N) is 1. The summed E-state index contributed by atoms with van der Waals surface area (Å²) in [5.74, 6) is -0.193. The average Bonchev–Trinajstić information content (AvgIpc) is 3.13. The second-order valence-electron chi connectivity index (χ2n) is 6.09. The van der Waals surface area contributed by atoms with Gasteiger partial charge < -0.3 is 35.2 Å². The topological polar surface area (TPSA) is 279 Å². The molecule has 2 aromatic rings. The van der Waals surface area contributed by atoms with E-state index in [1.54, 1.807) is 0 Å². The Morgan fingerprint density at radius 2 is 1.76 bits per heavy atom. The Hall–Kier alpha value is 1.48. The van der Waals surface area contributed by atoms with E-state index in [2.05, 4.69) is 28.1 Å². The third-order valence-corrected chi connectivity index (χ3v) is 7.59. The smallest absolute Gasteiger partial charge is 0.390 e. The van der Waals surface area contributed by atoms with Gasteiger partial charge in [-0.05, 0) is 0 Å². The van der Waals surface area contributed by atoms with Crippen molar-refractivity contribution in [1.29, 1.82) is 0 Å². The summed E-state index contributed by atoms with van der Waals surface area (Å²) in [5.41, 5.74) is 4.89. The first-order chi connectivity index (χ1) is 14.2. The van der Waals surface area contributed by atoms with Crippen molar-refractivity contribution < 1.29 is 56.3 Å². The Bertz CT molecular complexity index is 1190. The number of aliphatic hydroxyl groups excluding tert-OH is 1. The molecule has 0 saturated carbocycles. The summed E-state index contributed by atoms with van der Waals surface area (Å²) >= 11 is 0. The van der Waals surface area contributed by atoms with Crippen LogP contribution in [-0.2, 0) is 31.6 Å². The normalized spacial score (nSPS) is 23.7. The van der Waals surface area contributed by atoms with Crippen LogP contribution in [0.4, 0.5) is 5.95 Å². The molecular formula is C10H16N5Na3O13P3. The molecule has 2 aromatic heterocycles. The quantitative estimate of drug-likeness (QED) is 0.127. The number of nitrogen functional groups attached to an aromatic ring is 1. The van der Waals surface area contributed by atoms with Crippen molar-refractivity contribution in [2.75, 3.05) is 12.3 Å². The molecule has 0 bridgehead atoms. The van der Waals surface area contributed by atoms with Gasteiger partial charge in [0.1, 0.15) is 12.3 Å². The second-order valence-corrected chi connectivity index (χ2v) is 10.5. The van der Waals surface area contributed by atoms with E-state index in [-0.39, 0.29) is 112 Å². The van der Waals surface area contributed by atoms with Crippen molar-refractivity contribution in [2.45, 2.75) is 24.9 Å². The molecule has 1 aliphatic heterocycles. The number of phosphoric ester groups is 1. The number of aliphatic hydroxyl groups is 1. The summed E-state index contributed by atoms with van der Waals surface area (Å²) < 4.78 is 52.1. The molecule has 5 unspecified atom stereocenters. The van der Waals surface area contributed by atoms with Crippen LogP contribution < -0.4 is 11.3 Å². The molecule has 0 spiro atoms. The molecule has 3 rings (SSSR count). The maximum Gasteiger partial charge on any atom is 0.490 e. The SMILES string of the molecule is Nc1nc2c(ncn2C2CC(O)C(COP(=O)(O)OP(=O)(O)OP(=O)(O)O)O2)c(=O)[nH]1.[Na].[Na].[Na]. The summed E-state index contributed by atoms with van der Waals surface area (Å²) in [5, 5.41) is 10.1. The van der Waals surface area contributed by atoms with E-state index in [0.717, 1.165) is 0 Å². The van der Waals surface area contributed by atoms with Crippen molar-refractivity contribution in [3.63, 3.8) is 0 Å². The maximum absolute atomic E-state index is 11.8. The van der Waals surface area contributed by atoms with Crippen LogP contribution in [0.1, 0.15) is 12.6 Å². The van der Waals surface area contributed by atoms with Crippen LogP contribution in [-0.4, -0.2) is 152 Å². The summed E-state index contributed by atoms with van der Waals surface area (Å²) in [7, 11) is -16.6. The van der Waals surface area contributed by atoms with Crippen LogP contribution in [0.2, 0.25) is 0 Å². The van der Waals surface area contributed by atoms with Gasteiger partial charge in [-0.1, -0.05) is 0 Å². The number of hydrogen-bond donors (Lipinski definition) is 7. The first kappa shape index (κ1) is 35.5. The molecule has 1 aliphatic rings. The number of aromatic nitrogens is 4. The predicted octanol–water partition coefficient (Wildman–Crippen LogP) is -2.45. The Morgan fingerprint density at radius 1 is 1.15 bits per heavy atom. The largest absolute Gasteiger partial charge is 0.490 e. The fourth-order valence-electron chi connectivity index (χ4n) is 2.66. The Labute approximate surface area is 256 Å². The van der Waals surface area contributed by atoms with Gasteiger partial charge in [-0.3, -0.25) is 18.9 Å². The molecule has 0 aromatic carbocycles. The number of imidazole rings is 1. The zero-order chi connectivity index (χ0) is 23.2. The third kappa shape index (κ3) is 9.66. The molecule has 24 heteroatoms. The molecule has 1 saturated heterocycles. The first-order valence-electron chi connectivity index (χ1n) is 8.00. The molecular weight excluding hydrogens is 560 g/mol. The minimum absolute atomic E-state index is 0.